The minimum atomic E-state index is -2.62. The number of nitrogens with one attached hydrogen (secondary N) is 1. The fraction of sp³-hybridized carbons (Fsp3) is 0.536. The number of aryl methyl sites for hydroxylation is 3. The molecule has 0 spiro atoms. The van der Waals surface area contributed by atoms with Gasteiger partial charge in [0.15, 0.2) is 5.82 Å². The monoisotopic (exact) mass is 556 g/mol. The third kappa shape index (κ3) is 4.69. The molecular weight excluding hydrogens is 522 g/mol. The molecule has 1 saturated heterocycles. The number of thiazole rings is 1. The fourth-order valence-electron chi connectivity index (χ4n) is 6.24. The van der Waals surface area contributed by atoms with E-state index >= 15 is 0 Å². The molecule has 1 aromatic carbocycles. The third-order valence-corrected chi connectivity index (χ3v) is 9.22. The molecular formula is C28H34F2N6O2S. The molecule has 11 heteroatoms. The van der Waals surface area contributed by atoms with E-state index in [1.807, 2.05) is 19.9 Å². The molecule has 0 unspecified atom stereocenters. The average molecular weight is 557 g/mol. The summed E-state index contributed by atoms with van der Waals surface area (Å²) in [6.45, 7) is 6.93. The number of alkyl halides is 2. The number of hydrogen-bond donors (Lipinski definition) is 1. The summed E-state index contributed by atoms with van der Waals surface area (Å²) in [5, 5.41) is 8.77. The van der Waals surface area contributed by atoms with Gasteiger partial charge < -0.3 is 19.9 Å². The summed E-state index contributed by atoms with van der Waals surface area (Å²) in [6.07, 6.45) is 1.56. The summed E-state index contributed by atoms with van der Waals surface area (Å²) in [4.78, 5) is 21.8. The van der Waals surface area contributed by atoms with Crippen LogP contribution >= 0.6 is 11.3 Å². The van der Waals surface area contributed by atoms with Gasteiger partial charge in [-0.15, -0.1) is 11.3 Å². The highest BCUT2D eigenvalue weighted by atomic mass is 32.1. The van der Waals surface area contributed by atoms with Crippen LogP contribution < -0.4 is 10.2 Å². The first kappa shape index (κ1) is 26.2. The second-order valence-electron chi connectivity index (χ2n) is 10.5. The number of benzene rings is 1. The van der Waals surface area contributed by atoms with Crippen molar-refractivity contribution in [3.63, 3.8) is 0 Å². The summed E-state index contributed by atoms with van der Waals surface area (Å²) < 4.78 is 36.8. The Bertz CT molecular complexity index is 1400. The Hall–Kier alpha value is -3.05. The van der Waals surface area contributed by atoms with Crippen molar-refractivity contribution in [1.29, 1.82) is 0 Å². The molecule has 0 atom stereocenters. The van der Waals surface area contributed by atoms with Crippen LogP contribution in [0.15, 0.2) is 12.1 Å². The van der Waals surface area contributed by atoms with Gasteiger partial charge in [0, 0.05) is 67.8 Å². The van der Waals surface area contributed by atoms with Gasteiger partial charge >= 0.3 is 6.03 Å². The number of ether oxygens (including phenoxy) is 1. The van der Waals surface area contributed by atoms with E-state index < -0.39 is 6.43 Å². The van der Waals surface area contributed by atoms with Crippen LogP contribution in [0.3, 0.4) is 0 Å². The number of hydrogen-bond acceptors (Lipinski definition) is 6. The standard InChI is InChI=1S/C28H34F2N6O2S/c1-16-25(39-17(2)32-16)20-13-18-5-4-9-35(24(18)14-21(20)26(29)30)27-22-15-34(28(37)31-3)10-6-23(22)36(33-27)19-7-11-38-12-8-19/h13-14,19,26H,4-12,15H2,1-3H3,(H,31,37). The van der Waals surface area contributed by atoms with Gasteiger partial charge in [-0.05, 0) is 57.2 Å². The Morgan fingerprint density at radius 2 is 1.97 bits per heavy atom. The van der Waals surface area contributed by atoms with E-state index in [9.17, 15) is 13.6 Å². The number of carbonyl (C=O) groups is 1. The number of halogens is 2. The van der Waals surface area contributed by atoms with Gasteiger partial charge in [0.1, 0.15) is 0 Å². The highest BCUT2D eigenvalue weighted by molar-refractivity contribution is 7.15. The van der Waals surface area contributed by atoms with E-state index in [2.05, 4.69) is 19.9 Å². The van der Waals surface area contributed by atoms with E-state index in [1.165, 1.54) is 11.3 Å². The van der Waals surface area contributed by atoms with Crippen LogP contribution in [0, 0.1) is 13.8 Å². The van der Waals surface area contributed by atoms with Crippen LogP contribution in [0.1, 0.15) is 64.8 Å². The van der Waals surface area contributed by atoms with Crippen molar-refractivity contribution in [2.24, 2.45) is 0 Å². The summed E-state index contributed by atoms with van der Waals surface area (Å²) in [5.74, 6) is 0.781. The van der Waals surface area contributed by atoms with Crippen molar-refractivity contribution in [2.75, 3.05) is 38.3 Å². The molecule has 0 aliphatic carbocycles. The lowest BCUT2D eigenvalue weighted by Crippen LogP contribution is -2.42. The Morgan fingerprint density at radius 1 is 1.18 bits per heavy atom. The lowest BCUT2D eigenvalue weighted by molar-refractivity contribution is 0.0651. The summed E-state index contributed by atoms with van der Waals surface area (Å²) in [5.41, 5.74) is 5.37. The molecule has 208 valence electrons. The molecule has 3 aliphatic heterocycles. The molecule has 3 aliphatic rings. The number of nitrogens with zero attached hydrogens (tertiary/aromatic N) is 5. The molecule has 2 amide bonds. The number of carbonyl (C=O) groups excluding carboxylic acids is 1. The van der Waals surface area contributed by atoms with E-state index in [1.54, 1.807) is 18.0 Å². The maximum Gasteiger partial charge on any atom is 0.317 e. The molecule has 1 N–H and O–H groups in total. The van der Waals surface area contributed by atoms with Crippen LogP contribution in [-0.4, -0.2) is 59.0 Å². The van der Waals surface area contributed by atoms with Crippen LogP contribution in [0.25, 0.3) is 10.4 Å². The van der Waals surface area contributed by atoms with Crippen molar-refractivity contribution < 1.29 is 18.3 Å². The molecule has 2 aromatic heterocycles. The fourth-order valence-corrected chi connectivity index (χ4v) is 7.19. The molecule has 0 bridgehead atoms. The molecule has 8 nitrogen and oxygen atoms in total. The first-order valence-electron chi connectivity index (χ1n) is 13.7. The van der Waals surface area contributed by atoms with Crippen LogP contribution in [0.5, 0.6) is 0 Å². The van der Waals surface area contributed by atoms with Gasteiger partial charge in [-0.1, -0.05) is 0 Å². The maximum absolute atomic E-state index is 14.5. The van der Waals surface area contributed by atoms with Gasteiger partial charge in [0.2, 0.25) is 0 Å². The summed E-state index contributed by atoms with van der Waals surface area (Å²) in [6, 6.07) is 3.72. The Kier molecular flexibility index (Phi) is 7.05. The predicted molar refractivity (Wildman–Crippen MR) is 147 cm³/mol. The zero-order chi connectivity index (χ0) is 27.3. The SMILES string of the molecule is CNC(=O)N1CCc2c(c(N3CCCc4cc(-c5sc(C)nc5C)c(C(F)F)cc43)nn2C2CCOCC2)C1. The molecule has 0 radical (unpaired) electrons. The zero-order valence-electron chi connectivity index (χ0n) is 22.6. The van der Waals surface area contributed by atoms with Crippen LogP contribution in [-0.2, 0) is 24.1 Å². The van der Waals surface area contributed by atoms with E-state index in [4.69, 9.17) is 9.84 Å². The van der Waals surface area contributed by atoms with Gasteiger partial charge in [0.25, 0.3) is 6.43 Å². The van der Waals surface area contributed by atoms with Crippen molar-refractivity contribution in [1.82, 2.24) is 25.0 Å². The maximum atomic E-state index is 14.5. The van der Waals surface area contributed by atoms with E-state index in [0.717, 1.165) is 69.6 Å². The largest absolute Gasteiger partial charge is 0.381 e. The number of aromatic nitrogens is 3. The highest BCUT2D eigenvalue weighted by Gasteiger charge is 2.34. The minimum Gasteiger partial charge on any atom is -0.381 e. The van der Waals surface area contributed by atoms with Gasteiger partial charge in [-0.3, -0.25) is 4.68 Å². The number of fused-ring (bicyclic) bond motifs is 2. The average Bonchev–Trinajstić information content (AvgIpc) is 3.50. The Morgan fingerprint density at radius 3 is 2.67 bits per heavy atom. The topological polar surface area (TPSA) is 75.5 Å². The lowest BCUT2D eigenvalue weighted by Gasteiger charge is -2.33. The van der Waals surface area contributed by atoms with Crippen LogP contribution in [0.2, 0.25) is 0 Å². The van der Waals surface area contributed by atoms with Crippen molar-refractivity contribution in [3.8, 4) is 10.4 Å². The number of rotatable bonds is 4. The predicted octanol–water partition coefficient (Wildman–Crippen LogP) is 5.69. The second kappa shape index (κ2) is 10.5. The molecule has 39 heavy (non-hydrogen) atoms. The first-order chi connectivity index (χ1) is 18.9. The minimum absolute atomic E-state index is 0.0251. The molecule has 1 fully saturated rings. The summed E-state index contributed by atoms with van der Waals surface area (Å²) >= 11 is 1.46. The van der Waals surface area contributed by atoms with Crippen molar-refractivity contribution in [3.05, 3.63) is 45.2 Å². The van der Waals surface area contributed by atoms with Gasteiger partial charge in [-0.2, -0.15) is 5.10 Å². The Labute approximate surface area is 231 Å². The Balaban J connectivity index is 1.47. The zero-order valence-corrected chi connectivity index (χ0v) is 23.4. The molecule has 6 rings (SSSR count). The molecule has 3 aromatic rings. The third-order valence-electron chi connectivity index (χ3n) is 8.11. The van der Waals surface area contributed by atoms with E-state index in [-0.39, 0.29) is 17.6 Å². The first-order valence-corrected chi connectivity index (χ1v) is 14.5. The molecule has 5 heterocycles. The van der Waals surface area contributed by atoms with Crippen LogP contribution in [0.4, 0.5) is 25.1 Å². The number of urea groups is 1. The van der Waals surface area contributed by atoms with E-state index in [0.29, 0.717) is 44.8 Å². The van der Waals surface area contributed by atoms with Gasteiger partial charge in [0.05, 0.1) is 28.2 Å². The molecule has 0 saturated carbocycles. The van der Waals surface area contributed by atoms with Crippen molar-refractivity contribution >= 4 is 28.9 Å². The normalized spacial score (nSPS) is 17.9. The quantitative estimate of drug-likeness (QED) is 0.447. The summed E-state index contributed by atoms with van der Waals surface area (Å²) in [7, 11) is 1.64. The number of amides is 2. The second-order valence-corrected chi connectivity index (χ2v) is 11.7. The van der Waals surface area contributed by atoms with Crippen molar-refractivity contribution in [2.45, 2.75) is 65.0 Å². The number of anilines is 2. The smallest absolute Gasteiger partial charge is 0.317 e. The van der Waals surface area contributed by atoms with Gasteiger partial charge in [-0.25, -0.2) is 18.6 Å². The lowest BCUT2D eigenvalue weighted by atomic mass is 9.94. The highest BCUT2D eigenvalue weighted by Crippen LogP contribution is 2.45.